The zero-order chi connectivity index (χ0) is 12.5. The molecule has 17 heavy (non-hydrogen) atoms. The van der Waals surface area contributed by atoms with Crippen molar-refractivity contribution in [2.75, 3.05) is 13.1 Å². The summed E-state index contributed by atoms with van der Waals surface area (Å²) in [4.78, 5) is 11.2. The Kier molecular flexibility index (Phi) is 6.33. The standard InChI is InChI=1S/C14H22N2O/c1-3-15-14(17)11-16-12(2)9-10-13-7-5-4-6-8-13/h4-8,12,16H,3,9-11H2,1-2H3,(H,15,17). The van der Waals surface area contributed by atoms with Gasteiger partial charge in [0.1, 0.15) is 0 Å². The van der Waals surface area contributed by atoms with Crippen molar-refractivity contribution in [3.63, 3.8) is 0 Å². The molecule has 0 aliphatic heterocycles. The van der Waals surface area contributed by atoms with Crippen molar-refractivity contribution in [3.05, 3.63) is 35.9 Å². The fraction of sp³-hybridized carbons (Fsp3) is 0.500. The van der Waals surface area contributed by atoms with Crippen LogP contribution in [0, 0.1) is 0 Å². The zero-order valence-electron chi connectivity index (χ0n) is 10.7. The van der Waals surface area contributed by atoms with Crippen LogP contribution < -0.4 is 10.6 Å². The second kappa shape index (κ2) is 7.85. The maximum Gasteiger partial charge on any atom is 0.233 e. The Morgan fingerprint density at radius 3 is 2.65 bits per heavy atom. The lowest BCUT2D eigenvalue weighted by Crippen LogP contribution is -2.38. The van der Waals surface area contributed by atoms with Crippen molar-refractivity contribution in [1.29, 1.82) is 0 Å². The Bertz CT molecular complexity index is 324. The first kappa shape index (κ1) is 13.7. The predicted octanol–water partition coefficient (Wildman–Crippen LogP) is 1.73. The molecule has 0 aliphatic rings. The summed E-state index contributed by atoms with van der Waals surface area (Å²) in [6, 6.07) is 10.8. The second-order valence-corrected chi connectivity index (χ2v) is 4.26. The van der Waals surface area contributed by atoms with E-state index in [-0.39, 0.29) is 5.91 Å². The highest BCUT2D eigenvalue weighted by Gasteiger charge is 2.04. The molecule has 1 atom stereocenters. The first-order valence-corrected chi connectivity index (χ1v) is 6.26. The van der Waals surface area contributed by atoms with Gasteiger partial charge in [0, 0.05) is 12.6 Å². The summed E-state index contributed by atoms with van der Waals surface area (Å²) < 4.78 is 0. The monoisotopic (exact) mass is 234 g/mol. The lowest BCUT2D eigenvalue weighted by Gasteiger charge is -2.13. The minimum atomic E-state index is 0.0686. The first-order valence-electron chi connectivity index (χ1n) is 6.26. The van der Waals surface area contributed by atoms with Gasteiger partial charge >= 0.3 is 0 Å². The van der Waals surface area contributed by atoms with E-state index in [0.717, 1.165) is 12.8 Å². The number of carbonyl (C=O) groups is 1. The van der Waals surface area contributed by atoms with Crippen LogP contribution in [0.25, 0.3) is 0 Å². The molecule has 0 aliphatic carbocycles. The summed E-state index contributed by atoms with van der Waals surface area (Å²) in [6.07, 6.45) is 2.09. The van der Waals surface area contributed by atoms with Gasteiger partial charge < -0.3 is 10.6 Å². The number of rotatable bonds is 7. The van der Waals surface area contributed by atoms with Crippen LogP contribution in [0.5, 0.6) is 0 Å². The maximum atomic E-state index is 11.2. The van der Waals surface area contributed by atoms with E-state index in [1.165, 1.54) is 5.56 Å². The topological polar surface area (TPSA) is 41.1 Å². The van der Waals surface area contributed by atoms with Crippen molar-refractivity contribution in [3.8, 4) is 0 Å². The molecule has 3 heteroatoms. The van der Waals surface area contributed by atoms with Crippen LogP contribution in [0.2, 0.25) is 0 Å². The van der Waals surface area contributed by atoms with Crippen LogP contribution in [0.3, 0.4) is 0 Å². The maximum absolute atomic E-state index is 11.2. The minimum Gasteiger partial charge on any atom is -0.355 e. The van der Waals surface area contributed by atoms with Crippen LogP contribution in [-0.4, -0.2) is 25.0 Å². The van der Waals surface area contributed by atoms with Crippen LogP contribution in [0.4, 0.5) is 0 Å². The Morgan fingerprint density at radius 1 is 1.29 bits per heavy atom. The molecule has 1 aromatic carbocycles. The van der Waals surface area contributed by atoms with Crippen molar-refractivity contribution in [2.45, 2.75) is 32.7 Å². The predicted molar refractivity (Wildman–Crippen MR) is 70.9 cm³/mol. The molecule has 0 spiro atoms. The lowest BCUT2D eigenvalue weighted by atomic mass is 10.1. The van der Waals surface area contributed by atoms with Gasteiger partial charge in [0.05, 0.1) is 6.54 Å². The van der Waals surface area contributed by atoms with Crippen LogP contribution in [-0.2, 0) is 11.2 Å². The molecule has 0 bridgehead atoms. The molecule has 3 nitrogen and oxygen atoms in total. The van der Waals surface area contributed by atoms with Gasteiger partial charge in [0.15, 0.2) is 0 Å². The number of benzene rings is 1. The van der Waals surface area contributed by atoms with E-state index >= 15 is 0 Å². The third-order valence-corrected chi connectivity index (χ3v) is 2.69. The quantitative estimate of drug-likeness (QED) is 0.754. The summed E-state index contributed by atoms with van der Waals surface area (Å²) in [7, 11) is 0. The number of likely N-dealkylation sites (N-methyl/N-ethyl adjacent to an activating group) is 1. The zero-order valence-corrected chi connectivity index (χ0v) is 10.7. The summed E-state index contributed by atoms with van der Waals surface area (Å²) in [5.41, 5.74) is 1.35. The van der Waals surface area contributed by atoms with E-state index < -0.39 is 0 Å². The minimum absolute atomic E-state index is 0.0686. The highest BCUT2D eigenvalue weighted by Crippen LogP contribution is 2.04. The van der Waals surface area contributed by atoms with Crippen LogP contribution >= 0.6 is 0 Å². The third-order valence-electron chi connectivity index (χ3n) is 2.69. The van der Waals surface area contributed by atoms with Gasteiger partial charge in [0.25, 0.3) is 0 Å². The van der Waals surface area contributed by atoms with Gasteiger partial charge in [-0.05, 0) is 32.3 Å². The van der Waals surface area contributed by atoms with Gasteiger partial charge in [-0.2, -0.15) is 0 Å². The van der Waals surface area contributed by atoms with Crippen molar-refractivity contribution in [1.82, 2.24) is 10.6 Å². The molecule has 1 aromatic rings. The summed E-state index contributed by atoms with van der Waals surface area (Å²) in [5, 5.41) is 6.00. The van der Waals surface area contributed by atoms with Crippen molar-refractivity contribution in [2.24, 2.45) is 0 Å². The molecule has 94 valence electrons. The van der Waals surface area contributed by atoms with E-state index in [1.54, 1.807) is 0 Å². The molecule has 1 unspecified atom stereocenters. The molecule has 1 rings (SSSR count). The average molecular weight is 234 g/mol. The number of nitrogens with one attached hydrogen (secondary N) is 2. The average Bonchev–Trinajstić information content (AvgIpc) is 2.35. The van der Waals surface area contributed by atoms with Gasteiger partial charge in [-0.1, -0.05) is 30.3 Å². The summed E-state index contributed by atoms with van der Waals surface area (Å²) in [6.45, 7) is 5.14. The molecule has 0 saturated carbocycles. The molecular formula is C14H22N2O. The smallest absolute Gasteiger partial charge is 0.233 e. The molecule has 0 aromatic heterocycles. The fourth-order valence-corrected chi connectivity index (χ4v) is 1.66. The number of hydrogen-bond acceptors (Lipinski definition) is 2. The highest BCUT2D eigenvalue weighted by molar-refractivity contribution is 5.77. The normalized spacial score (nSPS) is 12.1. The van der Waals surface area contributed by atoms with Crippen LogP contribution in [0.1, 0.15) is 25.8 Å². The molecule has 0 saturated heterocycles. The Morgan fingerprint density at radius 2 is 2.00 bits per heavy atom. The van der Waals surface area contributed by atoms with Crippen molar-refractivity contribution >= 4 is 5.91 Å². The number of amides is 1. The Labute approximate surface area is 104 Å². The molecule has 0 fully saturated rings. The van der Waals surface area contributed by atoms with Gasteiger partial charge in [-0.25, -0.2) is 0 Å². The van der Waals surface area contributed by atoms with Gasteiger partial charge in [0.2, 0.25) is 5.91 Å². The van der Waals surface area contributed by atoms with E-state index in [4.69, 9.17) is 0 Å². The van der Waals surface area contributed by atoms with E-state index in [0.29, 0.717) is 19.1 Å². The Balaban J connectivity index is 2.17. The Hall–Kier alpha value is -1.35. The van der Waals surface area contributed by atoms with E-state index in [1.807, 2.05) is 13.0 Å². The summed E-state index contributed by atoms with van der Waals surface area (Å²) in [5.74, 6) is 0.0686. The first-order chi connectivity index (χ1) is 8.22. The van der Waals surface area contributed by atoms with Gasteiger partial charge in [-0.3, -0.25) is 4.79 Å². The molecule has 0 radical (unpaired) electrons. The van der Waals surface area contributed by atoms with Crippen LogP contribution in [0.15, 0.2) is 30.3 Å². The van der Waals surface area contributed by atoms with E-state index in [2.05, 4.69) is 41.8 Å². The van der Waals surface area contributed by atoms with E-state index in [9.17, 15) is 4.79 Å². The number of hydrogen-bond donors (Lipinski definition) is 2. The highest BCUT2D eigenvalue weighted by atomic mass is 16.1. The van der Waals surface area contributed by atoms with Crippen molar-refractivity contribution < 1.29 is 4.79 Å². The molecule has 2 N–H and O–H groups in total. The molecular weight excluding hydrogens is 212 g/mol. The number of aryl methyl sites for hydroxylation is 1. The molecule has 1 amide bonds. The second-order valence-electron chi connectivity index (χ2n) is 4.26. The molecule has 0 heterocycles. The summed E-state index contributed by atoms with van der Waals surface area (Å²) >= 11 is 0. The van der Waals surface area contributed by atoms with Gasteiger partial charge in [-0.15, -0.1) is 0 Å². The fourth-order valence-electron chi connectivity index (χ4n) is 1.66. The SMILES string of the molecule is CCNC(=O)CNC(C)CCc1ccccc1. The number of carbonyl (C=O) groups excluding carboxylic acids is 1. The largest absolute Gasteiger partial charge is 0.355 e. The third kappa shape index (κ3) is 6.07. The lowest BCUT2D eigenvalue weighted by molar-refractivity contribution is -0.120.